The van der Waals surface area contributed by atoms with Crippen molar-refractivity contribution in [2.45, 2.75) is 6.54 Å². The highest BCUT2D eigenvalue weighted by atomic mass is 15.1. The Morgan fingerprint density at radius 1 is 1.24 bits per heavy atom. The zero-order chi connectivity index (χ0) is 12.1. The van der Waals surface area contributed by atoms with Gasteiger partial charge in [0, 0.05) is 26.0 Å². The number of nitriles is 1. The number of aromatic nitrogens is 1. The Balaban J connectivity index is 2.21. The summed E-state index contributed by atoms with van der Waals surface area (Å²) in [5, 5.41) is 9.04. The number of hydrogen-bond donors (Lipinski definition) is 0. The van der Waals surface area contributed by atoms with Crippen LogP contribution in [-0.2, 0) is 6.54 Å². The highest BCUT2D eigenvalue weighted by molar-refractivity contribution is 5.58. The molecule has 1 aromatic carbocycles. The molecule has 0 atom stereocenters. The molecule has 0 bridgehead atoms. The fraction of sp³-hybridized carbons (Fsp3) is 0.143. The van der Waals surface area contributed by atoms with E-state index in [0.717, 1.165) is 17.8 Å². The Morgan fingerprint density at radius 2 is 2.06 bits per heavy atom. The lowest BCUT2D eigenvalue weighted by Crippen LogP contribution is -2.17. The standard InChI is InChI=1S/C14H13N3/c1-17(11-12-5-4-8-16-10-12)14-7-3-2-6-13(14)9-15/h2-8,10H,11H2,1H3. The van der Waals surface area contributed by atoms with Gasteiger partial charge in [0.2, 0.25) is 0 Å². The fourth-order valence-electron chi connectivity index (χ4n) is 1.75. The van der Waals surface area contributed by atoms with E-state index in [1.54, 1.807) is 6.20 Å². The van der Waals surface area contributed by atoms with E-state index in [0.29, 0.717) is 5.56 Å². The van der Waals surface area contributed by atoms with Crippen molar-refractivity contribution >= 4 is 5.69 Å². The molecule has 0 aliphatic heterocycles. The van der Waals surface area contributed by atoms with E-state index in [1.807, 2.05) is 49.6 Å². The van der Waals surface area contributed by atoms with Crippen molar-refractivity contribution in [2.24, 2.45) is 0 Å². The first kappa shape index (κ1) is 11.2. The minimum Gasteiger partial charge on any atom is -0.369 e. The average Bonchev–Trinajstić information content (AvgIpc) is 2.40. The number of hydrogen-bond acceptors (Lipinski definition) is 3. The molecule has 0 aliphatic carbocycles. The van der Waals surface area contributed by atoms with Gasteiger partial charge in [-0.1, -0.05) is 18.2 Å². The van der Waals surface area contributed by atoms with Crippen LogP contribution in [0.4, 0.5) is 5.69 Å². The summed E-state index contributed by atoms with van der Waals surface area (Å²) in [4.78, 5) is 6.13. The van der Waals surface area contributed by atoms with Gasteiger partial charge in [0.1, 0.15) is 6.07 Å². The molecule has 17 heavy (non-hydrogen) atoms. The van der Waals surface area contributed by atoms with Crippen LogP contribution in [0.5, 0.6) is 0 Å². The minimum absolute atomic E-state index is 0.693. The highest BCUT2D eigenvalue weighted by Crippen LogP contribution is 2.19. The number of anilines is 1. The molecule has 0 unspecified atom stereocenters. The molecule has 3 nitrogen and oxygen atoms in total. The highest BCUT2D eigenvalue weighted by Gasteiger charge is 2.06. The first-order valence-electron chi connectivity index (χ1n) is 5.40. The van der Waals surface area contributed by atoms with Crippen LogP contribution < -0.4 is 4.90 Å². The Bertz CT molecular complexity index is 529. The average molecular weight is 223 g/mol. The smallest absolute Gasteiger partial charge is 0.101 e. The van der Waals surface area contributed by atoms with Crippen molar-refractivity contribution in [1.29, 1.82) is 5.26 Å². The van der Waals surface area contributed by atoms with E-state index in [2.05, 4.69) is 16.0 Å². The monoisotopic (exact) mass is 223 g/mol. The summed E-state index contributed by atoms with van der Waals surface area (Å²) in [6.45, 7) is 0.743. The van der Waals surface area contributed by atoms with Crippen LogP contribution in [0.1, 0.15) is 11.1 Å². The van der Waals surface area contributed by atoms with Gasteiger partial charge in [-0.3, -0.25) is 4.98 Å². The second-order valence-electron chi connectivity index (χ2n) is 3.85. The summed E-state index contributed by atoms with van der Waals surface area (Å²) in [7, 11) is 1.98. The van der Waals surface area contributed by atoms with Gasteiger partial charge in [0.25, 0.3) is 0 Å². The van der Waals surface area contributed by atoms with E-state index in [9.17, 15) is 0 Å². The molecule has 0 N–H and O–H groups in total. The Hall–Kier alpha value is -2.34. The topological polar surface area (TPSA) is 39.9 Å². The summed E-state index contributed by atoms with van der Waals surface area (Å²) in [5.41, 5.74) is 2.76. The van der Waals surface area contributed by atoms with Gasteiger partial charge < -0.3 is 4.90 Å². The second kappa shape index (κ2) is 5.13. The van der Waals surface area contributed by atoms with Crippen molar-refractivity contribution in [3.8, 4) is 6.07 Å². The van der Waals surface area contributed by atoms with Crippen LogP contribution in [-0.4, -0.2) is 12.0 Å². The molecular formula is C14H13N3. The van der Waals surface area contributed by atoms with Crippen LogP contribution in [0, 0.1) is 11.3 Å². The van der Waals surface area contributed by atoms with E-state index in [1.165, 1.54) is 0 Å². The van der Waals surface area contributed by atoms with Gasteiger partial charge in [0.05, 0.1) is 11.3 Å². The molecule has 0 spiro atoms. The molecule has 0 radical (unpaired) electrons. The lowest BCUT2D eigenvalue weighted by atomic mass is 10.1. The van der Waals surface area contributed by atoms with Gasteiger partial charge in [-0.25, -0.2) is 0 Å². The van der Waals surface area contributed by atoms with Gasteiger partial charge in [0.15, 0.2) is 0 Å². The summed E-state index contributed by atoms with van der Waals surface area (Å²) >= 11 is 0. The molecule has 84 valence electrons. The van der Waals surface area contributed by atoms with E-state index in [-0.39, 0.29) is 0 Å². The molecule has 1 aromatic heterocycles. The third-order valence-corrected chi connectivity index (χ3v) is 2.58. The van der Waals surface area contributed by atoms with Crippen LogP contribution in [0.25, 0.3) is 0 Å². The minimum atomic E-state index is 0.693. The van der Waals surface area contributed by atoms with Crippen molar-refractivity contribution in [3.05, 3.63) is 59.9 Å². The molecule has 3 heteroatoms. The maximum absolute atomic E-state index is 9.04. The molecule has 1 heterocycles. The van der Waals surface area contributed by atoms with Crippen molar-refractivity contribution in [3.63, 3.8) is 0 Å². The summed E-state index contributed by atoms with van der Waals surface area (Å²) in [5.74, 6) is 0. The fourth-order valence-corrected chi connectivity index (χ4v) is 1.75. The van der Waals surface area contributed by atoms with Crippen molar-refractivity contribution < 1.29 is 0 Å². The lowest BCUT2D eigenvalue weighted by molar-refractivity contribution is 0.913. The molecule has 0 aliphatic rings. The molecule has 0 saturated heterocycles. The Labute approximate surface area is 101 Å². The first-order valence-corrected chi connectivity index (χ1v) is 5.40. The molecule has 0 fully saturated rings. The predicted octanol–water partition coefficient (Wildman–Crippen LogP) is 2.59. The van der Waals surface area contributed by atoms with Gasteiger partial charge in [-0.05, 0) is 23.8 Å². The van der Waals surface area contributed by atoms with Gasteiger partial charge in [-0.2, -0.15) is 5.26 Å². The third-order valence-electron chi connectivity index (χ3n) is 2.58. The van der Waals surface area contributed by atoms with Gasteiger partial charge >= 0.3 is 0 Å². The maximum atomic E-state index is 9.04. The zero-order valence-corrected chi connectivity index (χ0v) is 9.67. The lowest BCUT2D eigenvalue weighted by Gasteiger charge is -2.20. The largest absolute Gasteiger partial charge is 0.369 e. The molecule has 2 aromatic rings. The molecule has 0 amide bonds. The van der Waals surface area contributed by atoms with Crippen LogP contribution in [0.15, 0.2) is 48.8 Å². The quantitative estimate of drug-likeness (QED) is 0.803. The number of nitrogens with zero attached hydrogens (tertiary/aromatic N) is 3. The molecule has 0 saturated carbocycles. The zero-order valence-electron chi connectivity index (χ0n) is 9.67. The summed E-state index contributed by atoms with van der Waals surface area (Å²) in [6, 6.07) is 13.7. The van der Waals surface area contributed by atoms with E-state index < -0.39 is 0 Å². The summed E-state index contributed by atoms with van der Waals surface area (Å²) < 4.78 is 0. The molecule has 2 rings (SSSR count). The molecular weight excluding hydrogens is 210 g/mol. The Kier molecular flexibility index (Phi) is 3.37. The third kappa shape index (κ3) is 2.61. The van der Waals surface area contributed by atoms with Gasteiger partial charge in [-0.15, -0.1) is 0 Å². The SMILES string of the molecule is CN(Cc1cccnc1)c1ccccc1C#N. The van der Waals surface area contributed by atoms with Crippen LogP contribution in [0.2, 0.25) is 0 Å². The predicted molar refractivity (Wildman–Crippen MR) is 67.5 cm³/mol. The maximum Gasteiger partial charge on any atom is 0.101 e. The van der Waals surface area contributed by atoms with E-state index in [4.69, 9.17) is 5.26 Å². The number of benzene rings is 1. The Morgan fingerprint density at radius 3 is 2.76 bits per heavy atom. The van der Waals surface area contributed by atoms with Crippen molar-refractivity contribution in [2.75, 3.05) is 11.9 Å². The van der Waals surface area contributed by atoms with Crippen LogP contribution >= 0.6 is 0 Å². The summed E-state index contributed by atoms with van der Waals surface area (Å²) in [6.07, 6.45) is 3.60. The number of para-hydroxylation sites is 1. The second-order valence-corrected chi connectivity index (χ2v) is 3.85. The van der Waals surface area contributed by atoms with Crippen LogP contribution in [0.3, 0.4) is 0 Å². The van der Waals surface area contributed by atoms with E-state index >= 15 is 0 Å². The number of pyridine rings is 1. The first-order chi connectivity index (χ1) is 8.31. The number of rotatable bonds is 3. The normalized spacial score (nSPS) is 9.65. The van der Waals surface area contributed by atoms with Crippen molar-refractivity contribution in [1.82, 2.24) is 4.98 Å².